The monoisotopic (exact) mass is 426 g/mol. The number of anilines is 1. The van der Waals surface area contributed by atoms with Crippen LogP contribution in [0.2, 0.25) is 5.02 Å². The zero-order valence-electron chi connectivity index (χ0n) is 16.8. The SMILES string of the molecule is CCC(NC(C)=O)C(=O)NCC1CCCN(C(=O)c2cc(F)cc(Cl)c2N)CC1. The number of carbonyl (C=O) groups is 3. The van der Waals surface area contributed by atoms with E-state index in [2.05, 4.69) is 10.6 Å². The topological polar surface area (TPSA) is 105 Å². The van der Waals surface area contributed by atoms with Gasteiger partial charge in [0.05, 0.1) is 16.3 Å². The number of benzene rings is 1. The summed E-state index contributed by atoms with van der Waals surface area (Å²) in [4.78, 5) is 37.9. The molecule has 0 bridgehead atoms. The Labute approximate surface area is 175 Å². The van der Waals surface area contributed by atoms with E-state index in [1.54, 1.807) is 4.90 Å². The Morgan fingerprint density at radius 3 is 2.69 bits per heavy atom. The molecule has 1 aliphatic rings. The van der Waals surface area contributed by atoms with Gasteiger partial charge < -0.3 is 21.3 Å². The van der Waals surface area contributed by atoms with E-state index < -0.39 is 11.9 Å². The summed E-state index contributed by atoms with van der Waals surface area (Å²) in [6, 6.07) is 1.65. The van der Waals surface area contributed by atoms with E-state index in [4.69, 9.17) is 17.3 Å². The van der Waals surface area contributed by atoms with Crippen molar-refractivity contribution in [2.24, 2.45) is 5.92 Å². The summed E-state index contributed by atoms with van der Waals surface area (Å²) in [7, 11) is 0. The maximum absolute atomic E-state index is 13.7. The van der Waals surface area contributed by atoms with Gasteiger partial charge in [-0.15, -0.1) is 0 Å². The molecule has 2 unspecified atom stereocenters. The van der Waals surface area contributed by atoms with E-state index in [-0.39, 0.29) is 39.9 Å². The molecule has 1 heterocycles. The van der Waals surface area contributed by atoms with E-state index in [9.17, 15) is 18.8 Å². The summed E-state index contributed by atoms with van der Waals surface area (Å²) >= 11 is 5.90. The molecule has 0 aromatic heterocycles. The first-order valence-corrected chi connectivity index (χ1v) is 10.2. The van der Waals surface area contributed by atoms with Crippen LogP contribution in [0.4, 0.5) is 10.1 Å². The van der Waals surface area contributed by atoms with E-state index in [1.807, 2.05) is 6.92 Å². The number of likely N-dealkylation sites (tertiary alicyclic amines) is 1. The van der Waals surface area contributed by atoms with Crippen molar-refractivity contribution in [3.05, 3.63) is 28.5 Å². The van der Waals surface area contributed by atoms with Crippen molar-refractivity contribution >= 4 is 35.0 Å². The second-order valence-electron chi connectivity index (χ2n) is 7.34. The number of nitrogens with zero attached hydrogens (tertiary/aromatic N) is 1. The number of nitrogen functional groups attached to an aromatic ring is 1. The smallest absolute Gasteiger partial charge is 0.256 e. The molecule has 4 N–H and O–H groups in total. The van der Waals surface area contributed by atoms with Crippen molar-refractivity contribution < 1.29 is 18.8 Å². The van der Waals surface area contributed by atoms with Crippen LogP contribution >= 0.6 is 11.6 Å². The van der Waals surface area contributed by atoms with Crippen LogP contribution in [0.25, 0.3) is 0 Å². The molecule has 0 radical (unpaired) electrons. The number of hydrogen-bond acceptors (Lipinski definition) is 4. The summed E-state index contributed by atoms with van der Waals surface area (Å²) in [5.41, 5.74) is 6.01. The normalized spacial score (nSPS) is 17.9. The van der Waals surface area contributed by atoms with E-state index in [0.29, 0.717) is 32.5 Å². The number of halogens is 2. The average molecular weight is 427 g/mol. The lowest BCUT2D eigenvalue weighted by Gasteiger charge is -2.22. The summed E-state index contributed by atoms with van der Waals surface area (Å²) in [5, 5.41) is 5.54. The third-order valence-corrected chi connectivity index (χ3v) is 5.44. The molecule has 0 aliphatic carbocycles. The molecular formula is C20H28ClFN4O3. The number of nitrogens with two attached hydrogens (primary N) is 1. The van der Waals surface area contributed by atoms with E-state index in [0.717, 1.165) is 25.0 Å². The average Bonchev–Trinajstić information content (AvgIpc) is 2.92. The summed E-state index contributed by atoms with van der Waals surface area (Å²) < 4.78 is 13.7. The van der Waals surface area contributed by atoms with Gasteiger partial charge >= 0.3 is 0 Å². The van der Waals surface area contributed by atoms with Crippen molar-refractivity contribution in [3.8, 4) is 0 Å². The van der Waals surface area contributed by atoms with Gasteiger partial charge in [0.15, 0.2) is 0 Å². The minimum Gasteiger partial charge on any atom is -0.397 e. The molecule has 1 fully saturated rings. The fourth-order valence-electron chi connectivity index (χ4n) is 3.47. The Kier molecular flexibility index (Phi) is 8.25. The number of nitrogens with one attached hydrogen (secondary N) is 2. The molecule has 9 heteroatoms. The van der Waals surface area contributed by atoms with Crippen LogP contribution in [-0.2, 0) is 9.59 Å². The Bertz CT molecular complexity index is 774. The number of rotatable bonds is 6. The number of carbonyl (C=O) groups excluding carboxylic acids is 3. The summed E-state index contributed by atoms with van der Waals surface area (Å²) in [6.07, 6.45) is 2.82. The summed E-state index contributed by atoms with van der Waals surface area (Å²) in [6.45, 7) is 4.70. The van der Waals surface area contributed by atoms with Gasteiger partial charge in [0.1, 0.15) is 11.9 Å². The molecule has 1 aromatic carbocycles. The Morgan fingerprint density at radius 2 is 2.03 bits per heavy atom. The van der Waals surface area contributed by atoms with Crippen LogP contribution in [0.1, 0.15) is 49.9 Å². The lowest BCUT2D eigenvalue weighted by atomic mass is 10.0. The van der Waals surface area contributed by atoms with Gasteiger partial charge in [-0.2, -0.15) is 0 Å². The lowest BCUT2D eigenvalue weighted by molar-refractivity contribution is -0.128. The van der Waals surface area contributed by atoms with Gasteiger partial charge in [-0.25, -0.2) is 4.39 Å². The molecule has 1 saturated heterocycles. The summed E-state index contributed by atoms with van der Waals surface area (Å²) in [5.74, 6) is -1.19. The second-order valence-corrected chi connectivity index (χ2v) is 7.75. The Morgan fingerprint density at radius 1 is 1.31 bits per heavy atom. The van der Waals surface area contributed by atoms with Gasteiger partial charge in [-0.05, 0) is 43.7 Å². The first kappa shape index (κ1) is 22.9. The first-order valence-electron chi connectivity index (χ1n) is 9.81. The molecular weight excluding hydrogens is 399 g/mol. The van der Waals surface area contributed by atoms with Crippen LogP contribution in [0.5, 0.6) is 0 Å². The maximum atomic E-state index is 13.7. The molecule has 0 saturated carbocycles. The first-order chi connectivity index (χ1) is 13.7. The molecule has 3 amide bonds. The molecule has 0 spiro atoms. The van der Waals surface area contributed by atoms with Crippen LogP contribution in [0.15, 0.2) is 12.1 Å². The molecule has 1 aromatic rings. The molecule has 2 rings (SSSR count). The Hall–Kier alpha value is -2.35. The third kappa shape index (κ3) is 6.32. The highest BCUT2D eigenvalue weighted by molar-refractivity contribution is 6.34. The fourth-order valence-corrected chi connectivity index (χ4v) is 3.68. The van der Waals surface area contributed by atoms with Gasteiger partial charge in [0.25, 0.3) is 5.91 Å². The second kappa shape index (κ2) is 10.4. The molecule has 160 valence electrons. The van der Waals surface area contributed by atoms with Gasteiger partial charge in [-0.3, -0.25) is 14.4 Å². The molecule has 7 nitrogen and oxygen atoms in total. The van der Waals surface area contributed by atoms with E-state index >= 15 is 0 Å². The van der Waals surface area contributed by atoms with Crippen LogP contribution in [0, 0.1) is 11.7 Å². The van der Waals surface area contributed by atoms with Crippen molar-refractivity contribution in [2.75, 3.05) is 25.4 Å². The van der Waals surface area contributed by atoms with Gasteiger partial charge in [0, 0.05) is 26.6 Å². The van der Waals surface area contributed by atoms with Crippen LogP contribution in [0.3, 0.4) is 0 Å². The van der Waals surface area contributed by atoms with Gasteiger partial charge in [0.2, 0.25) is 11.8 Å². The minimum absolute atomic E-state index is 0.0217. The largest absolute Gasteiger partial charge is 0.397 e. The Balaban J connectivity index is 1.93. The standard InChI is InChI=1S/C20H28ClFN4O3/c1-3-17(25-12(2)27)19(28)24-11-13-5-4-7-26(8-6-13)20(29)15-9-14(22)10-16(21)18(15)23/h9-10,13,17H,3-8,11,23H2,1-2H3,(H,24,28)(H,25,27). The van der Waals surface area contributed by atoms with Crippen LogP contribution in [-0.4, -0.2) is 48.3 Å². The predicted octanol–water partition coefficient (Wildman–Crippen LogP) is 2.33. The zero-order chi connectivity index (χ0) is 21.6. The molecule has 2 atom stereocenters. The maximum Gasteiger partial charge on any atom is 0.256 e. The third-order valence-electron chi connectivity index (χ3n) is 5.13. The highest BCUT2D eigenvalue weighted by Gasteiger charge is 2.25. The number of amides is 3. The van der Waals surface area contributed by atoms with Crippen LogP contribution < -0.4 is 16.4 Å². The minimum atomic E-state index is -0.604. The van der Waals surface area contributed by atoms with Gasteiger partial charge in [-0.1, -0.05) is 18.5 Å². The highest BCUT2D eigenvalue weighted by atomic mass is 35.5. The zero-order valence-corrected chi connectivity index (χ0v) is 17.5. The fraction of sp³-hybridized carbons (Fsp3) is 0.550. The van der Waals surface area contributed by atoms with Crippen molar-refractivity contribution in [1.82, 2.24) is 15.5 Å². The highest BCUT2D eigenvalue weighted by Crippen LogP contribution is 2.27. The lowest BCUT2D eigenvalue weighted by Crippen LogP contribution is -2.46. The molecule has 29 heavy (non-hydrogen) atoms. The van der Waals surface area contributed by atoms with Crippen molar-refractivity contribution in [1.29, 1.82) is 0 Å². The van der Waals surface area contributed by atoms with Crippen molar-refractivity contribution in [3.63, 3.8) is 0 Å². The predicted molar refractivity (Wildman–Crippen MR) is 110 cm³/mol. The van der Waals surface area contributed by atoms with E-state index in [1.165, 1.54) is 6.92 Å². The number of hydrogen-bond donors (Lipinski definition) is 3. The quantitative estimate of drug-likeness (QED) is 0.607. The van der Waals surface area contributed by atoms with Crippen molar-refractivity contribution in [2.45, 2.75) is 45.6 Å². The molecule has 1 aliphatic heterocycles.